The summed E-state index contributed by atoms with van der Waals surface area (Å²) in [6.07, 6.45) is 0.412. The molecular formula is C11H12N2O. The third-order valence-corrected chi connectivity index (χ3v) is 2.27. The Morgan fingerprint density at radius 3 is 3.29 bits per heavy atom. The fourth-order valence-electron chi connectivity index (χ4n) is 1.53. The molecule has 1 unspecified atom stereocenters. The molecule has 72 valence electrons. The number of nitrogens with zero attached hydrogens (tertiary/aromatic N) is 1. The first-order valence-corrected chi connectivity index (χ1v) is 4.68. The topological polar surface area (TPSA) is 45.0 Å². The summed E-state index contributed by atoms with van der Waals surface area (Å²) in [7, 11) is 0. The maximum Gasteiger partial charge on any atom is 0.143 e. The van der Waals surface area contributed by atoms with E-state index in [1.807, 2.05) is 25.1 Å². The Morgan fingerprint density at radius 2 is 2.50 bits per heavy atom. The predicted octanol–water partition coefficient (Wildman–Crippen LogP) is 2.08. The van der Waals surface area contributed by atoms with Crippen LogP contribution < -0.4 is 10.1 Å². The molecule has 0 bridgehead atoms. The van der Waals surface area contributed by atoms with E-state index in [9.17, 15) is 0 Å². The molecule has 0 radical (unpaired) electrons. The Hall–Kier alpha value is -1.69. The van der Waals surface area contributed by atoms with Crippen LogP contribution in [-0.4, -0.2) is 12.6 Å². The van der Waals surface area contributed by atoms with Crippen LogP contribution in [0.4, 0.5) is 5.69 Å². The number of benzene rings is 1. The van der Waals surface area contributed by atoms with E-state index < -0.39 is 0 Å². The lowest BCUT2D eigenvalue weighted by Crippen LogP contribution is -2.30. The second-order valence-electron chi connectivity index (χ2n) is 3.48. The van der Waals surface area contributed by atoms with Gasteiger partial charge in [0, 0.05) is 0 Å². The minimum absolute atomic E-state index is 0.0192. The maximum absolute atomic E-state index is 8.56. The summed E-state index contributed by atoms with van der Waals surface area (Å²) in [5.41, 5.74) is 2.19. The van der Waals surface area contributed by atoms with Gasteiger partial charge in [-0.2, -0.15) is 5.26 Å². The van der Waals surface area contributed by atoms with E-state index in [-0.39, 0.29) is 6.10 Å². The average molecular weight is 188 g/mol. The number of hydrogen-bond acceptors (Lipinski definition) is 3. The van der Waals surface area contributed by atoms with Crippen molar-refractivity contribution in [2.45, 2.75) is 19.4 Å². The molecule has 3 heteroatoms. The van der Waals surface area contributed by atoms with Crippen LogP contribution in [0.15, 0.2) is 18.2 Å². The van der Waals surface area contributed by atoms with Crippen LogP contribution in [0.25, 0.3) is 0 Å². The minimum Gasteiger partial charge on any atom is -0.485 e. The molecule has 0 fully saturated rings. The zero-order chi connectivity index (χ0) is 9.97. The summed E-state index contributed by atoms with van der Waals surface area (Å²) < 4.78 is 5.67. The normalized spacial score (nSPS) is 18.7. The first kappa shape index (κ1) is 8.89. The molecule has 0 amide bonds. The van der Waals surface area contributed by atoms with Gasteiger partial charge in [0.1, 0.15) is 11.9 Å². The predicted molar refractivity (Wildman–Crippen MR) is 54.3 cm³/mol. The maximum atomic E-state index is 8.56. The van der Waals surface area contributed by atoms with E-state index in [2.05, 4.69) is 11.4 Å². The summed E-state index contributed by atoms with van der Waals surface area (Å²) >= 11 is 0. The number of ether oxygens (including phenoxy) is 1. The Bertz CT molecular complexity index is 381. The highest BCUT2D eigenvalue weighted by molar-refractivity contribution is 5.59. The lowest BCUT2D eigenvalue weighted by Gasteiger charge is -2.26. The molecule has 1 heterocycles. The number of rotatable bonds is 1. The van der Waals surface area contributed by atoms with Crippen molar-refractivity contribution in [2.75, 3.05) is 11.9 Å². The van der Waals surface area contributed by atoms with Crippen LogP contribution in [-0.2, 0) is 0 Å². The SMILES string of the molecule is Cc1ccc2c(c1)OC(CC#N)CN2. The summed E-state index contributed by atoms with van der Waals surface area (Å²) in [4.78, 5) is 0. The zero-order valence-corrected chi connectivity index (χ0v) is 8.08. The number of hydrogen-bond donors (Lipinski definition) is 1. The van der Waals surface area contributed by atoms with Crippen LogP contribution >= 0.6 is 0 Å². The molecule has 1 aromatic carbocycles. The second-order valence-corrected chi connectivity index (χ2v) is 3.48. The van der Waals surface area contributed by atoms with E-state index in [4.69, 9.17) is 10.00 Å². The first-order valence-electron chi connectivity index (χ1n) is 4.68. The summed E-state index contributed by atoms with van der Waals surface area (Å²) in [5, 5.41) is 11.8. The Morgan fingerprint density at radius 1 is 1.64 bits per heavy atom. The molecule has 0 saturated carbocycles. The van der Waals surface area contributed by atoms with Crippen LogP contribution in [0.1, 0.15) is 12.0 Å². The third-order valence-electron chi connectivity index (χ3n) is 2.27. The lowest BCUT2D eigenvalue weighted by molar-refractivity contribution is 0.211. The molecule has 1 aromatic rings. The standard InChI is InChI=1S/C11H12N2O/c1-8-2-3-10-11(6-8)14-9(4-5-12)7-13-10/h2-3,6,9,13H,4,7H2,1H3. The fraction of sp³-hybridized carbons (Fsp3) is 0.364. The number of nitriles is 1. The molecule has 1 atom stereocenters. The number of fused-ring (bicyclic) bond motifs is 1. The zero-order valence-electron chi connectivity index (χ0n) is 8.08. The molecular weight excluding hydrogens is 176 g/mol. The molecule has 3 nitrogen and oxygen atoms in total. The van der Waals surface area contributed by atoms with Crippen molar-refractivity contribution in [2.24, 2.45) is 0 Å². The largest absolute Gasteiger partial charge is 0.485 e. The minimum atomic E-state index is -0.0192. The van der Waals surface area contributed by atoms with Gasteiger partial charge in [0.2, 0.25) is 0 Å². The van der Waals surface area contributed by atoms with Crippen LogP contribution in [0.5, 0.6) is 5.75 Å². The summed E-state index contributed by atoms with van der Waals surface area (Å²) in [6.45, 7) is 2.74. The Kier molecular flexibility index (Phi) is 2.28. The van der Waals surface area contributed by atoms with E-state index >= 15 is 0 Å². The molecule has 0 spiro atoms. The molecule has 1 aliphatic heterocycles. The van der Waals surface area contributed by atoms with Crippen LogP contribution in [0.3, 0.4) is 0 Å². The van der Waals surface area contributed by atoms with Crippen molar-refractivity contribution in [1.29, 1.82) is 5.26 Å². The molecule has 2 rings (SSSR count). The van der Waals surface area contributed by atoms with Gasteiger partial charge < -0.3 is 10.1 Å². The van der Waals surface area contributed by atoms with Gasteiger partial charge in [-0.15, -0.1) is 0 Å². The van der Waals surface area contributed by atoms with Gasteiger partial charge in [-0.05, 0) is 24.6 Å². The van der Waals surface area contributed by atoms with E-state index in [1.54, 1.807) is 0 Å². The van der Waals surface area contributed by atoms with Gasteiger partial charge in [-0.1, -0.05) is 6.07 Å². The third kappa shape index (κ3) is 1.64. The van der Waals surface area contributed by atoms with Crippen LogP contribution in [0.2, 0.25) is 0 Å². The van der Waals surface area contributed by atoms with Crippen molar-refractivity contribution < 1.29 is 4.74 Å². The highest BCUT2D eigenvalue weighted by atomic mass is 16.5. The number of nitrogens with one attached hydrogen (secondary N) is 1. The Balaban J connectivity index is 2.21. The lowest BCUT2D eigenvalue weighted by atomic mass is 10.1. The van der Waals surface area contributed by atoms with Gasteiger partial charge >= 0.3 is 0 Å². The average Bonchev–Trinajstić information content (AvgIpc) is 2.17. The van der Waals surface area contributed by atoms with Crippen molar-refractivity contribution in [3.8, 4) is 11.8 Å². The molecule has 1 aliphatic rings. The van der Waals surface area contributed by atoms with E-state index in [1.165, 1.54) is 5.56 Å². The fourth-order valence-corrected chi connectivity index (χ4v) is 1.53. The monoisotopic (exact) mass is 188 g/mol. The number of anilines is 1. The van der Waals surface area contributed by atoms with Gasteiger partial charge in [0.05, 0.1) is 24.7 Å². The van der Waals surface area contributed by atoms with Crippen LogP contribution in [0, 0.1) is 18.3 Å². The second kappa shape index (κ2) is 3.59. The van der Waals surface area contributed by atoms with Crippen molar-refractivity contribution >= 4 is 5.69 Å². The molecule has 0 saturated heterocycles. The summed E-state index contributed by atoms with van der Waals surface area (Å²) in [6, 6.07) is 8.16. The molecule has 0 aromatic heterocycles. The van der Waals surface area contributed by atoms with Crippen molar-refractivity contribution in [3.63, 3.8) is 0 Å². The first-order chi connectivity index (χ1) is 6.79. The molecule has 14 heavy (non-hydrogen) atoms. The number of aryl methyl sites for hydroxylation is 1. The highest BCUT2D eigenvalue weighted by Crippen LogP contribution is 2.30. The van der Waals surface area contributed by atoms with Gasteiger partial charge in [0.25, 0.3) is 0 Å². The quantitative estimate of drug-likeness (QED) is 0.733. The molecule has 0 aliphatic carbocycles. The van der Waals surface area contributed by atoms with E-state index in [0.717, 1.165) is 11.4 Å². The van der Waals surface area contributed by atoms with Gasteiger partial charge in [-0.25, -0.2) is 0 Å². The van der Waals surface area contributed by atoms with Crippen molar-refractivity contribution in [3.05, 3.63) is 23.8 Å². The smallest absolute Gasteiger partial charge is 0.143 e. The molecule has 1 N–H and O–H groups in total. The highest BCUT2D eigenvalue weighted by Gasteiger charge is 2.18. The van der Waals surface area contributed by atoms with E-state index in [0.29, 0.717) is 13.0 Å². The summed E-state index contributed by atoms with van der Waals surface area (Å²) in [5.74, 6) is 0.858. The van der Waals surface area contributed by atoms with Gasteiger partial charge in [-0.3, -0.25) is 0 Å². The van der Waals surface area contributed by atoms with Gasteiger partial charge in [0.15, 0.2) is 0 Å². The Labute approximate surface area is 83.3 Å². The van der Waals surface area contributed by atoms with Crippen molar-refractivity contribution in [1.82, 2.24) is 0 Å².